The molecule has 10 heteroatoms. The molecular weight excluding hydrogens is 489 g/mol. The van der Waals surface area contributed by atoms with Gasteiger partial charge in [-0.15, -0.1) is 6.58 Å². The van der Waals surface area contributed by atoms with Crippen molar-refractivity contribution in [1.82, 2.24) is 20.6 Å². The van der Waals surface area contributed by atoms with E-state index in [9.17, 15) is 9.18 Å². The monoisotopic (exact) mass is 523 g/mol. The lowest BCUT2D eigenvalue weighted by Crippen LogP contribution is -2.48. The second-order valence-electron chi connectivity index (χ2n) is 10.2. The number of benzene rings is 1. The van der Waals surface area contributed by atoms with E-state index in [-0.39, 0.29) is 31.0 Å². The average Bonchev–Trinajstić information content (AvgIpc) is 3.40. The molecule has 2 aliphatic heterocycles. The van der Waals surface area contributed by atoms with Gasteiger partial charge in [0.15, 0.2) is 5.82 Å². The number of imidazole rings is 1. The number of halogens is 1. The second-order valence-corrected chi connectivity index (χ2v) is 10.2. The number of aliphatic imine (C=N–C) groups is 1. The van der Waals surface area contributed by atoms with Crippen LogP contribution in [0.5, 0.6) is 0 Å². The lowest BCUT2D eigenvalue weighted by molar-refractivity contribution is -0.231. The quantitative estimate of drug-likeness (QED) is 0.447. The summed E-state index contributed by atoms with van der Waals surface area (Å²) in [6.45, 7) is 6.08. The number of hydrogen-bond acceptors (Lipinski definition) is 7. The Balaban J connectivity index is 1.47. The van der Waals surface area contributed by atoms with Crippen LogP contribution in [0.4, 0.5) is 4.39 Å². The van der Waals surface area contributed by atoms with Gasteiger partial charge in [0.2, 0.25) is 12.2 Å². The molecule has 1 aliphatic carbocycles. The summed E-state index contributed by atoms with van der Waals surface area (Å²) in [5.74, 6) is -1.36. The van der Waals surface area contributed by atoms with Crippen LogP contribution in [0.15, 0.2) is 54.2 Å². The number of amides is 1. The van der Waals surface area contributed by atoms with Gasteiger partial charge in [0, 0.05) is 24.5 Å². The molecule has 9 nitrogen and oxygen atoms in total. The molecule has 2 fully saturated rings. The summed E-state index contributed by atoms with van der Waals surface area (Å²) in [7, 11) is 0. The number of hydrogen-bond donors (Lipinski definition) is 3. The first-order chi connectivity index (χ1) is 18.4. The molecule has 1 amide bonds. The zero-order valence-corrected chi connectivity index (χ0v) is 21.5. The van der Waals surface area contributed by atoms with Gasteiger partial charge in [-0.2, -0.15) is 0 Å². The number of carbonyl (C=O) groups excluding carboxylic acids is 1. The van der Waals surface area contributed by atoms with E-state index in [1.807, 2.05) is 0 Å². The highest BCUT2D eigenvalue weighted by molar-refractivity contribution is 5.82. The highest BCUT2D eigenvalue weighted by Gasteiger charge is 2.44. The van der Waals surface area contributed by atoms with E-state index in [2.05, 4.69) is 22.2 Å². The third-order valence-corrected chi connectivity index (χ3v) is 7.07. The van der Waals surface area contributed by atoms with Crippen molar-refractivity contribution in [3.8, 4) is 11.3 Å². The van der Waals surface area contributed by atoms with Gasteiger partial charge in [0.05, 0.1) is 30.4 Å². The summed E-state index contributed by atoms with van der Waals surface area (Å²) in [4.78, 5) is 25.5. The van der Waals surface area contributed by atoms with Crippen LogP contribution >= 0.6 is 0 Å². The minimum Gasteiger partial charge on any atom is -0.352 e. The van der Waals surface area contributed by atoms with Crippen LogP contribution < -0.4 is 10.6 Å². The average molecular weight is 524 g/mol. The predicted molar refractivity (Wildman–Crippen MR) is 140 cm³/mol. The molecule has 0 bridgehead atoms. The van der Waals surface area contributed by atoms with E-state index in [4.69, 9.17) is 24.2 Å². The SMILES string of the molecule is C=CCNC(=O)C1(C)COC(c2nc(-c3ccc(F)cc3)c(C3(OC4CCCCC4)N=CC=CN3)[nH]2)OC1. The highest BCUT2D eigenvalue weighted by Crippen LogP contribution is 2.39. The largest absolute Gasteiger partial charge is 0.352 e. The van der Waals surface area contributed by atoms with Crippen molar-refractivity contribution in [1.29, 1.82) is 0 Å². The molecule has 1 saturated carbocycles. The van der Waals surface area contributed by atoms with Gasteiger partial charge < -0.3 is 29.8 Å². The van der Waals surface area contributed by atoms with Crippen LogP contribution in [0.25, 0.3) is 11.3 Å². The molecule has 3 aliphatic rings. The van der Waals surface area contributed by atoms with Crippen LogP contribution in [0.1, 0.15) is 56.8 Å². The number of carbonyl (C=O) groups is 1. The van der Waals surface area contributed by atoms with Crippen molar-refractivity contribution in [2.75, 3.05) is 19.8 Å². The van der Waals surface area contributed by atoms with Crippen LogP contribution in [-0.4, -0.2) is 48.0 Å². The first-order valence-corrected chi connectivity index (χ1v) is 13.1. The molecule has 1 atom stereocenters. The second kappa shape index (κ2) is 11.2. The number of aromatic amines is 1. The molecule has 38 heavy (non-hydrogen) atoms. The molecule has 3 heterocycles. The Morgan fingerprint density at radius 1 is 1.24 bits per heavy atom. The Hall–Kier alpha value is -3.34. The van der Waals surface area contributed by atoms with E-state index < -0.39 is 17.6 Å². The number of allylic oxidation sites excluding steroid dienone is 1. The number of aromatic nitrogens is 2. The zero-order chi connectivity index (χ0) is 26.6. The standard InChI is InChI=1S/C28H34FN5O4/c1-3-14-30-26(35)27(2)17-36-25(37-18-27)24-33-22(19-10-12-20(29)13-11-19)23(34-24)28(31-15-7-16-32-28)38-21-8-5-4-6-9-21/h3,7,10-13,15-16,21,25,31H,1,4-6,8-9,14,17-18H2,2H3,(H,30,35)(H,33,34). The Morgan fingerprint density at radius 2 is 1.97 bits per heavy atom. The molecule has 0 radical (unpaired) electrons. The van der Waals surface area contributed by atoms with Gasteiger partial charge in [0.1, 0.15) is 11.5 Å². The third kappa shape index (κ3) is 5.43. The van der Waals surface area contributed by atoms with Crippen LogP contribution in [0, 0.1) is 11.2 Å². The van der Waals surface area contributed by atoms with Gasteiger partial charge in [-0.25, -0.2) is 14.4 Å². The minimum atomic E-state index is -1.25. The Bertz CT molecular complexity index is 1200. The number of rotatable bonds is 8. The van der Waals surface area contributed by atoms with Crippen LogP contribution in [0.2, 0.25) is 0 Å². The summed E-state index contributed by atoms with van der Waals surface area (Å²) in [5, 5.41) is 6.10. The van der Waals surface area contributed by atoms with Crippen molar-refractivity contribution in [2.24, 2.45) is 10.4 Å². The topological polar surface area (TPSA) is 110 Å². The number of ether oxygens (including phenoxy) is 3. The molecule has 5 rings (SSSR count). The predicted octanol–water partition coefficient (Wildman–Crippen LogP) is 4.22. The fourth-order valence-corrected chi connectivity index (χ4v) is 4.91. The lowest BCUT2D eigenvalue weighted by atomic mass is 9.91. The molecule has 3 N–H and O–H groups in total. The summed E-state index contributed by atoms with van der Waals surface area (Å²) >= 11 is 0. The molecule has 0 spiro atoms. The van der Waals surface area contributed by atoms with Crippen molar-refractivity contribution >= 4 is 12.1 Å². The van der Waals surface area contributed by atoms with E-state index in [1.165, 1.54) is 18.6 Å². The maximum absolute atomic E-state index is 13.8. The first-order valence-electron chi connectivity index (χ1n) is 13.1. The van der Waals surface area contributed by atoms with Gasteiger partial charge in [-0.1, -0.05) is 25.3 Å². The zero-order valence-electron chi connectivity index (χ0n) is 21.5. The van der Waals surface area contributed by atoms with Crippen LogP contribution in [-0.2, 0) is 24.9 Å². The van der Waals surface area contributed by atoms with Gasteiger partial charge in [-0.05, 0) is 50.1 Å². The normalized spacial score (nSPS) is 27.6. The Labute approximate surface area is 221 Å². The van der Waals surface area contributed by atoms with Gasteiger partial charge in [0.25, 0.3) is 5.85 Å². The number of nitrogens with zero attached hydrogens (tertiary/aromatic N) is 2. The summed E-state index contributed by atoms with van der Waals surface area (Å²) in [5.41, 5.74) is 0.945. The van der Waals surface area contributed by atoms with E-state index >= 15 is 0 Å². The third-order valence-electron chi connectivity index (χ3n) is 7.07. The number of nitrogens with one attached hydrogen (secondary N) is 3. The summed E-state index contributed by atoms with van der Waals surface area (Å²) in [6, 6.07) is 6.11. The van der Waals surface area contributed by atoms with E-state index in [0.717, 1.165) is 25.7 Å². The Morgan fingerprint density at radius 3 is 2.63 bits per heavy atom. The van der Waals surface area contributed by atoms with Crippen molar-refractivity contribution in [3.63, 3.8) is 0 Å². The minimum absolute atomic E-state index is 0.0182. The highest BCUT2D eigenvalue weighted by atomic mass is 19.1. The Kier molecular flexibility index (Phi) is 7.73. The first kappa shape index (κ1) is 26.3. The van der Waals surface area contributed by atoms with Crippen LogP contribution in [0.3, 0.4) is 0 Å². The summed E-state index contributed by atoms with van der Waals surface area (Å²) < 4.78 is 32.4. The fraction of sp³-hybridized carbons (Fsp3) is 0.464. The molecular formula is C28H34FN5O4. The van der Waals surface area contributed by atoms with E-state index in [0.29, 0.717) is 29.3 Å². The fourth-order valence-electron chi connectivity index (χ4n) is 4.91. The molecule has 2 aromatic rings. The maximum atomic E-state index is 13.8. The number of H-pyrrole nitrogens is 1. The van der Waals surface area contributed by atoms with Gasteiger partial charge in [-0.3, -0.25) is 4.79 Å². The molecule has 1 aromatic carbocycles. The maximum Gasteiger partial charge on any atom is 0.282 e. The summed E-state index contributed by atoms with van der Waals surface area (Å²) in [6.07, 6.45) is 11.3. The van der Waals surface area contributed by atoms with Crippen molar-refractivity contribution in [3.05, 3.63) is 66.5 Å². The molecule has 1 saturated heterocycles. The van der Waals surface area contributed by atoms with Crippen molar-refractivity contribution in [2.45, 2.75) is 57.3 Å². The molecule has 1 unspecified atom stereocenters. The van der Waals surface area contributed by atoms with Crippen molar-refractivity contribution < 1.29 is 23.4 Å². The van der Waals surface area contributed by atoms with E-state index in [1.54, 1.807) is 43.6 Å². The lowest BCUT2D eigenvalue weighted by Gasteiger charge is -2.36. The molecule has 1 aromatic heterocycles. The van der Waals surface area contributed by atoms with Gasteiger partial charge >= 0.3 is 0 Å². The smallest absolute Gasteiger partial charge is 0.282 e. The molecule has 202 valence electrons.